The molecular weight excluding hydrogens is 244 g/mol. The number of carbonyl (C=O) groups excluding carboxylic acids is 1. The van der Waals surface area contributed by atoms with E-state index in [9.17, 15) is 4.79 Å². The molecule has 1 aromatic carbocycles. The molecule has 0 aliphatic carbocycles. The number of carbonyl (C=O) groups is 1. The number of hydrogen-bond donors (Lipinski definition) is 2. The summed E-state index contributed by atoms with van der Waals surface area (Å²) in [5, 5.41) is 2.78. The van der Waals surface area contributed by atoms with Crippen LogP contribution in [0.15, 0.2) is 41.2 Å². The molecule has 0 bridgehead atoms. The van der Waals surface area contributed by atoms with Crippen molar-refractivity contribution in [2.24, 2.45) is 5.73 Å². The van der Waals surface area contributed by atoms with Crippen molar-refractivity contribution in [2.45, 2.75) is 13.5 Å². The third-order valence-electron chi connectivity index (χ3n) is 2.62. The van der Waals surface area contributed by atoms with Crippen LogP contribution in [0.3, 0.4) is 0 Å². The number of nitrogens with two attached hydrogens (primary N) is 1. The smallest absolute Gasteiger partial charge is 0.258 e. The van der Waals surface area contributed by atoms with Crippen LogP contribution in [0.5, 0.6) is 5.75 Å². The molecule has 0 radical (unpaired) electrons. The molecule has 5 nitrogen and oxygen atoms in total. The molecule has 5 heteroatoms. The second-order valence-electron chi connectivity index (χ2n) is 3.93. The number of nitrogens with one attached hydrogen (secondary N) is 1. The average Bonchev–Trinajstić information content (AvgIpc) is 2.94. The molecule has 0 spiro atoms. The number of anilines is 1. The fraction of sp³-hybridized carbons (Fsp3) is 0.214. The van der Waals surface area contributed by atoms with Gasteiger partial charge >= 0.3 is 0 Å². The fourth-order valence-corrected chi connectivity index (χ4v) is 1.71. The van der Waals surface area contributed by atoms with E-state index in [1.807, 2.05) is 13.0 Å². The Morgan fingerprint density at radius 1 is 1.42 bits per heavy atom. The lowest BCUT2D eigenvalue weighted by Gasteiger charge is -2.11. The van der Waals surface area contributed by atoms with Gasteiger partial charge in [-0.3, -0.25) is 4.79 Å². The van der Waals surface area contributed by atoms with Crippen molar-refractivity contribution in [1.29, 1.82) is 0 Å². The summed E-state index contributed by atoms with van der Waals surface area (Å²) in [5.74, 6) is 0.521. The van der Waals surface area contributed by atoms with Crippen molar-refractivity contribution in [3.63, 3.8) is 0 Å². The Kier molecular flexibility index (Phi) is 4.20. The third-order valence-corrected chi connectivity index (χ3v) is 2.62. The predicted octanol–water partition coefficient (Wildman–Crippen LogP) is 2.39. The predicted molar refractivity (Wildman–Crippen MR) is 72.2 cm³/mol. The summed E-state index contributed by atoms with van der Waals surface area (Å²) in [5.41, 5.74) is 7.67. The standard InChI is InChI=1S/C14H16N2O3/c1-2-19-13-4-3-12(7-11(13)8-15)16-14(17)10-5-6-18-9-10/h3-7,9H,2,8,15H2,1H3,(H,16,17). The van der Waals surface area contributed by atoms with Crippen LogP contribution in [0.25, 0.3) is 0 Å². The van der Waals surface area contributed by atoms with Crippen LogP contribution in [0.4, 0.5) is 5.69 Å². The zero-order valence-electron chi connectivity index (χ0n) is 10.7. The molecule has 1 amide bonds. The van der Waals surface area contributed by atoms with Gasteiger partial charge in [0.15, 0.2) is 0 Å². The highest BCUT2D eigenvalue weighted by atomic mass is 16.5. The Morgan fingerprint density at radius 3 is 2.89 bits per heavy atom. The molecule has 2 rings (SSSR count). The highest BCUT2D eigenvalue weighted by Gasteiger charge is 2.09. The molecule has 0 atom stereocenters. The molecule has 2 aromatic rings. The van der Waals surface area contributed by atoms with Gasteiger partial charge in [-0.15, -0.1) is 0 Å². The van der Waals surface area contributed by atoms with Crippen LogP contribution < -0.4 is 15.8 Å². The summed E-state index contributed by atoms with van der Waals surface area (Å²) in [6.07, 6.45) is 2.85. The summed E-state index contributed by atoms with van der Waals surface area (Å²) in [6.45, 7) is 2.84. The van der Waals surface area contributed by atoms with E-state index in [4.69, 9.17) is 14.9 Å². The van der Waals surface area contributed by atoms with Gasteiger partial charge in [-0.1, -0.05) is 0 Å². The van der Waals surface area contributed by atoms with Gasteiger partial charge in [0.05, 0.1) is 18.4 Å². The first-order valence-corrected chi connectivity index (χ1v) is 6.04. The Hall–Kier alpha value is -2.27. The van der Waals surface area contributed by atoms with E-state index < -0.39 is 0 Å². The monoisotopic (exact) mass is 260 g/mol. The lowest BCUT2D eigenvalue weighted by Crippen LogP contribution is -2.11. The number of ether oxygens (including phenoxy) is 1. The zero-order valence-corrected chi connectivity index (χ0v) is 10.7. The maximum absolute atomic E-state index is 11.9. The quantitative estimate of drug-likeness (QED) is 0.865. The largest absolute Gasteiger partial charge is 0.494 e. The SMILES string of the molecule is CCOc1ccc(NC(=O)c2ccoc2)cc1CN. The molecule has 0 saturated heterocycles. The summed E-state index contributed by atoms with van der Waals surface area (Å²) in [4.78, 5) is 11.9. The number of furan rings is 1. The van der Waals surface area contributed by atoms with Crippen molar-refractivity contribution < 1.29 is 13.9 Å². The van der Waals surface area contributed by atoms with E-state index in [0.29, 0.717) is 24.4 Å². The number of benzene rings is 1. The van der Waals surface area contributed by atoms with Gasteiger partial charge in [0, 0.05) is 17.8 Å². The van der Waals surface area contributed by atoms with Crippen molar-refractivity contribution in [3.05, 3.63) is 47.9 Å². The van der Waals surface area contributed by atoms with E-state index in [1.54, 1.807) is 18.2 Å². The average molecular weight is 260 g/mol. The first-order valence-electron chi connectivity index (χ1n) is 6.04. The van der Waals surface area contributed by atoms with Crippen LogP contribution >= 0.6 is 0 Å². The van der Waals surface area contributed by atoms with Crippen LogP contribution in [0.1, 0.15) is 22.8 Å². The molecule has 0 saturated carbocycles. The summed E-state index contributed by atoms with van der Waals surface area (Å²) in [7, 11) is 0. The zero-order chi connectivity index (χ0) is 13.7. The highest BCUT2D eigenvalue weighted by Crippen LogP contribution is 2.23. The Bertz CT molecular complexity index is 550. The maximum Gasteiger partial charge on any atom is 0.258 e. The van der Waals surface area contributed by atoms with Gasteiger partial charge in [0.2, 0.25) is 0 Å². The molecule has 3 N–H and O–H groups in total. The number of hydrogen-bond acceptors (Lipinski definition) is 4. The topological polar surface area (TPSA) is 77.5 Å². The van der Waals surface area contributed by atoms with E-state index in [0.717, 1.165) is 11.3 Å². The third kappa shape index (κ3) is 3.14. The highest BCUT2D eigenvalue weighted by molar-refractivity contribution is 6.04. The second kappa shape index (κ2) is 6.06. The first-order chi connectivity index (χ1) is 9.24. The van der Waals surface area contributed by atoms with Crippen LogP contribution in [-0.4, -0.2) is 12.5 Å². The summed E-state index contributed by atoms with van der Waals surface area (Å²) < 4.78 is 10.3. The molecule has 100 valence electrons. The van der Waals surface area contributed by atoms with E-state index in [1.165, 1.54) is 12.5 Å². The lowest BCUT2D eigenvalue weighted by molar-refractivity contribution is 0.102. The molecule has 1 aromatic heterocycles. The van der Waals surface area contributed by atoms with E-state index in [2.05, 4.69) is 5.32 Å². The Balaban J connectivity index is 2.15. The summed E-state index contributed by atoms with van der Waals surface area (Å²) in [6, 6.07) is 7.00. The van der Waals surface area contributed by atoms with Crippen molar-refractivity contribution in [3.8, 4) is 5.75 Å². The second-order valence-corrected chi connectivity index (χ2v) is 3.93. The van der Waals surface area contributed by atoms with Crippen LogP contribution in [0, 0.1) is 0 Å². The minimum atomic E-state index is -0.221. The van der Waals surface area contributed by atoms with Gasteiger partial charge in [-0.25, -0.2) is 0 Å². The Morgan fingerprint density at radius 2 is 2.26 bits per heavy atom. The summed E-state index contributed by atoms with van der Waals surface area (Å²) >= 11 is 0. The van der Waals surface area contributed by atoms with Gasteiger partial charge in [0.1, 0.15) is 12.0 Å². The normalized spacial score (nSPS) is 10.2. The first kappa shape index (κ1) is 13.2. The van der Waals surface area contributed by atoms with Gasteiger partial charge in [-0.2, -0.15) is 0 Å². The Labute approximate surface area is 111 Å². The minimum Gasteiger partial charge on any atom is -0.494 e. The molecule has 0 aliphatic heterocycles. The molecule has 19 heavy (non-hydrogen) atoms. The number of rotatable bonds is 5. The van der Waals surface area contributed by atoms with E-state index in [-0.39, 0.29) is 5.91 Å². The fourth-order valence-electron chi connectivity index (χ4n) is 1.71. The molecule has 0 unspecified atom stereocenters. The lowest BCUT2D eigenvalue weighted by atomic mass is 10.1. The minimum absolute atomic E-state index is 0.221. The molecule has 0 fully saturated rings. The van der Waals surface area contributed by atoms with Gasteiger partial charge in [0.25, 0.3) is 5.91 Å². The van der Waals surface area contributed by atoms with Crippen LogP contribution in [-0.2, 0) is 6.54 Å². The maximum atomic E-state index is 11.9. The number of amides is 1. The van der Waals surface area contributed by atoms with Gasteiger partial charge < -0.3 is 20.2 Å². The van der Waals surface area contributed by atoms with Crippen molar-refractivity contribution >= 4 is 11.6 Å². The molecule has 1 heterocycles. The van der Waals surface area contributed by atoms with Crippen molar-refractivity contribution in [1.82, 2.24) is 0 Å². The van der Waals surface area contributed by atoms with E-state index >= 15 is 0 Å². The van der Waals surface area contributed by atoms with Gasteiger partial charge in [-0.05, 0) is 31.2 Å². The van der Waals surface area contributed by atoms with Crippen molar-refractivity contribution in [2.75, 3.05) is 11.9 Å². The molecular formula is C14H16N2O3. The molecule has 0 aliphatic rings. The van der Waals surface area contributed by atoms with Crippen LogP contribution in [0.2, 0.25) is 0 Å².